The van der Waals surface area contributed by atoms with Crippen LogP contribution in [0.4, 0.5) is 4.79 Å². The number of imidazole rings is 1. The molecule has 0 spiro atoms. The zero-order valence-corrected chi connectivity index (χ0v) is 12.4. The van der Waals surface area contributed by atoms with Crippen LogP contribution in [0.1, 0.15) is 64.0 Å². The quantitative estimate of drug-likeness (QED) is 0.541. The molecule has 1 aromatic rings. The highest BCUT2D eigenvalue weighted by atomic mass is 16.4. The van der Waals surface area contributed by atoms with E-state index in [-0.39, 0.29) is 6.04 Å². The van der Waals surface area contributed by atoms with E-state index in [0.29, 0.717) is 0 Å². The van der Waals surface area contributed by atoms with Crippen LogP contribution >= 0.6 is 0 Å². The molecule has 0 saturated carbocycles. The van der Waals surface area contributed by atoms with Gasteiger partial charge in [-0.1, -0.05) is 39.0 Å². The Bertz CT molecular complexity index is 352. The minimum atomic E-state index is -0.912. The van der Waals surface area contributed by atoms with Gasteiger partial charge in [0.2, 0.25) is 0 Å². The molecule has 5 heteroatoms. The molecule has 0 bridgehead atoms. The van der Waals surface area contributed by atoms with Gasteiger partial charge in [-0.3, -0.25) is 0 Å². The van der Waals surface area contributed by atoms with E-state index in [1.54, 1.807) is 6.33 Å². The lowest BCUT2D eigenvalue weighted by Crippen LogP contribution is -2.33. The molecular weight excluding hydrogens is 254 g/mol. The molecule has 1 amide bonds. The largest absolute Gasteiger partial charge is 0.465 e. The van der Waals surface area contributed by atoms with E-state index < -0.39 is 6.09 Å². The molecule has 0 aromatic carbocycles. The van der Waals surface area contributed by atoms with Gasteiger partial charge in [0.25, 0.3) is 0 Å². The highest BCUT2D eigenvalue weighted by Crippen LogP contribution is 2.12. The third-order valence-electron chi connectivity index (χ3n) is 3.54. The number of rotatable bonds is 11. The standard InChI is InChI=1S/C15H27N3O2/c1-2-3-4-5-6-8-13(18-15(19)20)9-7-10-14-11-16-12-17-14/h11-13,18H,2-10H2,1H3,(H,16,17)(H,19,20). The summed E-state index contributed by atoms with van der Waals surface area (Å²) in [5.74, 6) is 0. The summed E-state index contributed by atoms with van der Waals surface area (Å²) in [6.07, 6.45) is 12.4. The van der Waals surface area contributed by atoms with Crippen molar-refractivity contribution in [2.45, 2.75) is 70.8 Å². The second kappa shape index (κ2) is 10.3. The van der Waals surface area contributed by atoms with Gasteiger partial charge in [-0.15, -0.1) is 0 Å². The van der Waals surface area contributed by atoms with Gasteiger partial charge in [-0.2, -0.15) is 0 Å². The van der Waals surface area contributed by atoms with E-state index in [9.17, 15) is 4.79 Å². The van der Waals surface area contributed by atoms with Gasteiger partial charge in [0, 0.05) is 17.9 Å². The van der Waals surface area contributed by atoms with Crippen molar-refractivity contribution in [3.63, 3.8) is 0 Å². The SMILES string of the molecule is CCCCCCCC(CCCc1cnc[nH]1)NC(=O)O. The minimum absolute atomic E-state index is 0.0806. The average molecular weight is 281 g/mol. The van der Waals surface area contributed by atoms with Crippen molar-refractivity contribution < 1.29 is 9.90 Å². The van der Waals surface area contributed by atoms with Crippen LogP contribution < -0.4 is 5.32 Å². The predicted octanol–water partition coefficient (Wildman–Crippen LogP) is 3.73. The van der Waals surface area contributed by atoms with Crippen LogP contribution in [-0.4, -0.2) is 27.2 Å². The number of hydrogen-bond acceptors (Lipinski definition) is 2. The Morgan fingerprint density at radius 2 is 2.05 bits per heavy atom. The molecule has 3 N–H and O–H groups in total. The molecule has 1 heterocycles. The Hall–Kier alpha value is -1.52. The maximum Gasteiger partial charge on any atom is 0.404 e. The smallest absolute Gasteiger partial charge is 0.404 e. The van der Waals surface area contributed by atoms with Crippen LogP contribution in [-0.2, 0) is 6.42 Å². The van der Waals surface area contributed by atoms with Crippen molar-refractivity contribution in [1.29, 1.82) is 0 Å². The molecule has 1 aromatic heterocycles. The lowest BCUT2D eigenvalue weighted by Gasteiger charge is -2.16. The Labute approximate surface area is 121 Å². The first kappa shape index (κ1) is 16.5. The van der Waals surface area contributed by atoms with Gasteiger partial charge in [-0.05, 0) is 25.7 Å². The molecule has 5 nitrogen and oxygen atoms in total. The maximum atomic E-state index is 10.8. The topological polar surface area (TPSA) is 78.0 Å². The highest BCUT2D eigenvalue weighted by molar-refractivity contribution is 5.64. The number of carbonyl (C=O) groups is 1. The lowest BCUT2D eigenvalue weighted by molar-refractivity contribution is 0.187. The van der Waals surface area contributed by atoms with Crippen LogP contribution in [0.15, 0.2) is 12.5 Å². The molecule has 0 saturated heterocycles. The van der Waals surface area contributed by atoms with E-state index in [2.05, 4.69) is 22.2 Å². The molecule has 0 aliphatic heterocycles. The minimum Gasteiger partial charge on any atom is -0.465 e. The molecule has 1 rings (SSSR count). The number of aromatic amines is 1. The fourth-order valence-electron chi connectivity index (χ4n) is 2.42. The summed E-state index contributed by atoms with van der Waals surface area (Å²) in [7, 11) is 0. The van der Waals surface area contributed by atoms with Gasteiger partial charge in [-0.25, -0.2) is 9.78 Å². The van der Waals surface area contributed by atoms with Crippen LogP contribution in [0.25, 0.3) is 0 Å². The van der Waals surface area contributed by atoms with Crippen molar-refractivity contribution >= 4 is 6.09 Å². The second-order valence-electron chi connectivity index (χ2n) is 5.32. The number of amides is 1. The predicted molar refractivity (Wildman–Crippen MR) is 79.9 cm³/mol. The number of unbranched alkanes of at least 4 members (excludes halogenated alkanes) is 4. The zero-order chi connectivity index (χ0) is 14.6. The highest BCUT2D eigenvalue weighted by Gasteiger charge is 2.11. The van der Waals surface area contributed by atoms with Gasteiger partial charge in [0.05, 0.1) is 6.33 Å². The Morgan fingerprint density at radius 1 is 1.30 bits per heavy atom. The Kier molecular flexibility index (Phi) is 8.51. The normalized spacial score (nSPS) is 12.2. The summed E-state index contributed by atoms with van der Waals surface area (Å²) in [6.45, 7) is 2.20. The third-order valence-corrected chi connectivity index (χ3v) is 3.54. The molecule has 114 valence electrons. The van der Waals surface area contributed by atoms with Crippen LogP contribution in [0.5, 0.6) is 0 Å². The number of nitrogens with one attached hydrogen (secondary N) is 2. The van der Waals surface area contributed by atoms with Crippen molar-refractivity contribution in [2.75, 3.05) is 0 Å². The summed E-state index contributed by atoms with van der Waals surface area (Å²) in [5, 5.41) is 11.5. The fourth-order valence-corrected chi connectivity index (χ4v) is 2.42. The Morgan fingerprint density at radius 3 is 2.70 bits per heavy atom. The third kappa shape index (κ3) is 7.81. The number of hydrogen-bond donors (Lipinski definition) is 3. The molecule has 1 unspecified atom stereocenters. The molecule has 0 fully saturated rings. The van der Waals surface area contributed by atoms with Gasteiger partial charge in [0.15, 0.2) is 0 Å². The van der Waals surface area contributed by atoms with Gasteiger partial charge >= 0.3 is 6.09 Å². The number of H-pyrrole nitrogens is 1. The summed E-state index contributed by atoms with van der Waals surface area (Å²) in [6, 6.07) is 0.0806. The maximum absolute atomic E-state index is 10.8. The first-order valence-corrected chi connectivity index (χ1v) is 7.69. The van der Waals surface area contributed by atoms with E-state index in [0.717, 1.165) is 37.8 Å². The number of aryl methyl sites for hydroxylation is 1. The van der Waals surface area contributed by atoms with E-state index >= 15 is 0 Å². The van der Waals surface area contributed by atoms with Gasteiger partial charge < -0.3 is 15.4 Å². The van der Waals surface area contributed by atoms with Crippen molar-refractivity contribution in [3.8, 4) is 0 Å². The molecular formula is C15H27N3O2. The van der Waals surface area contributed by atoms with Crippen molar-refractivity contribution in [3.05, 3.63) is 18.2 Å². The average Bonchev–Trinajstić information content (AvgIpc) is 2.90. The van der Waals surface area contributed by atoms with Crippen LogP contribution in [0.3, 0.4) is 0 Å². The Balaban J connectivity index is 2.19. The first-order valence-electron chi connectivity index (χ1n) is 7.69. The molecule has 0 radical (unpaired) electrons. The van der Waals surface area contributed by atoms with Crippen LogP contribution in [0, 0.1) is 0 Å². The summed E-state index contributed by atoms with van der Waals surface area (Å²) < 4.78 is 0. The summed E-state index contributed by atoms with van der Waals surface area (Å²) in [4.78, 5) is 17.9. The van der Waals surface area contributed by atoms with E-state index in [4.69, 9.17) is 5.11 Å². The van der Waals surface area contributed by atoms with Crippen molar-refractivity contribution in [1.82, 2.24) is 15.3 Å². The van der Waals surface area contributed by atoms with Crippen molar-refractivity contribution in [2.24, 2.45) is 0 Å². The van der Waals surface area contributed by atoms with E-state index in [1.165, 1.54) is 25.7 Å². The zero-order valence-electron chi connectivity index (χ0n) is 12.4. The first-order chi connectivity index (χ1) is 9.72. The molecule has 0 aliphatic rings. The molecule has 0 aliphatic carbocycles. The van der Waals surface area contributed by atoms with Gasteiger partial charge in [0.1, 0.15) is 0 Å². The summed E-state index contributed by atoms with van der Waals surface area (Å²) in [5.41, 5.74) is 1.11. The monoisotopic (exact) mass is 281 g/mol. The fraction of sp³-hybridized carbons (Fsp3) is 0.733. The summed E-state index contributed by atoms with van der Waals surface area (Å²) >= 11 is 0. The van der Waals surface area contributed by atoms with E-state index in [1.807, 2.05) is 6.20 Å². The lowest BCUT2D eigenvalue weighted by atomic mass is 10.0. The van der Waals surface area contributed by atoms with Crippen LogP contribution in [0.2, 0.25) is 0 Å². The molecule has 1 atom stereocenters. The number of aromatic nitrogens is 2. The number of nitrogens with zero attached hydrogens (tertiary/aromatic N) is 1. The second-order valence-corrected chi connectivity index (χ2v) is 5.32. The number of carboxylic acid groups (broad SMARTS) is 1. The molecule has 20 heavy (non-hydrogen) atoms.